The van der Waals surface area contributed by atoms with Crippen LogP contribution < -0.4 is 10.6 Å². The van der Waals surface area contributed by atoms with Gasteiger partial charge in [0.25, 0.3) is 0 Å². The molecule has 0 unspecified atom stereocenters. The van der Waals surface area contributed by atoms with Crippen molar-refractivity contribution in [3.8, 4) is 0 Å². The van der Waals surface area contributed by atoms with Crippen molar-refractivity contribution < 1.29 is 14.0 Å². The van der Waals surface area contributed by atoms with Crippen LogP contribution in [0.1, 0.15) is 23.3 Å². The van der Waals surface area contributed by atoms with Gasteiger partial charge < -0.3 is 15.1 Å². The van der Waals surface area contributed by atoms with E-state index >= 15 is 0 Å². The molecule has 1 aromatic heterocycles. The van der Waals surface area contributed by atoms with E-state index in [1.807, 2.05) is 38.1 Å². The van der Waals surface area contributed by atoms with Crippen molar-refractivity contribution in [3.05, 3.63) is 53.5 Å². The number of carbonyl (C=O) groups is 2. The van der Waals surface area contributed by atoms with Crippen molar-refractivity contribution in [2.24, 2.45) is 0 Å². The average Bonchev–Trinajstić information content (AvgIpc) is 2.97. The second kappa shape index (κ2) is 7.45. The van der Waals surface area contributed by atoms with Gasteiger partial charge in [0.05, 0.1) is 6.26 Å². The van der Waals surface area contributed by atoms with E-state index in [1.54, 1.807) is 12.3 Å². The minimum Gasteiger partial charge on any atom is -0.469 e. The monoisotopic (exact) mass is 300 g/mol. The Balaban J connectivity index is 1.76. The molecule has 0 atom stereocenters. The van der Waals surface area contributed by atoms with Crippen LogP contribution in [0, 0.1) is 13.8 Å². The maximum absolute atomic E-state index is 11.9. The standard InChI is InChI=1S/C17H20N2O3/c1-12-5-3-7-15(13(12)2)19-17(21)11-16(20)18-9-8-14-6-4-10-22-14/h3-7,10H,8-9,11H2,1-2H3,(H,18,20)(H,19,21). The number of nitrogens with one attached hydrogen (secondary N) is 2. The predicted molar refractivity (Wildman–Crippen MR) is 84.6 cm³/mol. The molecule has 2 amide bonds. The van der Waals surface area contributed by atoms with E-state index in [0.29, 0.717) is 13.0 Å². The van der Waals surface area contributed by atoms with Gasteiger partial charge in [0.2, 0.25) is 11.8 Å². The van der Waals surface area contributed by atoms with Crippen molar-refractivity contribution in [3.63, 3.8) is 0 Å². The van der Waals surface area contributed by atoms with Crippen LogP contribution in [0.5, 0.6) is 0 Å². The first-order valence-corrected chi connectivity index (χ1v) is 7.21. The van der Waals surface area contributed by atoms with Crippen molar-refractivity contribution in [2.75, 3.05) is 11.9 Å². The average molecular weight is 300 g/mol. The molecule has 2 aromatic rings. The number of amides is 2. The van der Waals surface area contributed by atoms with Gasteiger partial charge in [0, 0.05) is 18.7 Å². The molecule has 0 spiro atoms. The molecule has 0 radical (unpaired) electrons. The van der Waals surface area contributed by atoms with Gasteiger partial charge in [-0.25, -0.2) is 0 Å². The summed E-state index contributed by atoms with van der Waals surface area (Å²) in [7, 11) is 0. The minimum atomic E-state index is -0.316. The molecule has 0 saturated carbocycles. The largest absolute Gasteiger partial charge is 0.469 e. The highest BCUT2D eigenvalue weighted by Gasteiger charge is 2.11. The maximum Gasteiger partial charge on any atom is 0.233 e. The molecule has 2 N–H and O–H groups in total. The zero-order valence-electron chi connectivity index (χ0n) is 12.8. The lowest BCUT2D eigenvalue weighted by Crippen LogP contribution is -2.29. The van der Waals surface area contributed by atoms with Gasteiger partial charge in [-0.15, -0.1) is 0 Å². The van der Waals surface area contributed by atoms with E-state index in [-0.39, 0.29) is 18.2 Å². The Morgan fingerprint density at radius 2 is 1.91 bits per heavy atom. The van der Waals surface area contributed by atoms with E-state index in [0.717, 1.165) is 22.6 Å². The fourth-order valence-electron chi connectivity index (χ4n) is 2.07. The molecule has 0 aliphatic rings. The van der Waals surface area contributed by atoms with E-state index in [4.69, 9.17) is 4.42 Å². The number of benzene rings is 1. The number of carbonyl (C=O) groups excluding carboxylic acids is 2. The third-order valence-corrected chi connectivity index (χ3v) is 3.47. The highest BCUT2D eigenvalue weighted by molar-refractivity contribution is 6.03. The number of hydrogen-bond acceptors (Lipinski definition) is 3. The maximum atomic E-state index is 11.9. The Bertz CT molecular complexity index is 648. The lowest BCUT2D eigenvalue weighted by molar-refractivity contribution is -0.126. The molecule has 2 rings (SSSR count). The van der Waals surface area contributed by atoms with Crippen molar-refractivity contribution in [2.45, 2.75) is 26.7 Å². The molecule has 5 nitrogen and oxygen atoms in total. The third-order valence-electron chi connectivity index (χ3n) is 3.47. The number of anilines is 1. The van der Waals surface area contributed by atoms with Crippen LogP contribution in [0.2, 0.25) is 0 Å². The molecule has 5 heteroatoms. The molecule has 1 aromatic carbocycles. The quantitative estimate of drug-likeness (QED) is 0.805. The van der Waals surface area contributed by atoms with Crippen molar-refractivity contribution in [1.29, 1.82) is 0 Å². The van der Waals surface area contributed by atoms with Gasteiger partial charge in [-0.2, -0.15) is 0 Å². The van der Waals surface area contributed by atoms with E-state index in [9.17, 15) is 9.59 Å². The van der Waals surface area contributed by atoms with Gasteiger partial charge in [-0.1, -0.05) is 12.1 Å². The van der Waals surface area contributed by atoms with Gasteiger partial charge in [-0.3, -0.25) is 9.59 Å². The molecule has 0 bridgehead atoms. The van der Waals surface area contributed by atoms with E-state index in [1.165, 1.54) is 0 Å². The van der Waals surface area contributed by atoms with Crippen LogP contribution in [0.25, 0.3) is 0 Å². The normalized spacial score (nSPS) is 10.3. The Morgan fingerprint density at radius 3 is 2.64 bits per heavy atom. The second-order valence-electron chi connectivity index (χ2n) is 5.15. The molecule has 0 saturated heterocycles. The van der Waals surface area contributed by atoms with Crippen LogP contribution in [-0.2, 0) is 16.0 Å². The van der Waals surface area contributed by atoms with E-state index < -0.39 is 0 Å². The summed E-state index contributed by atoms with van der Waals surface area (Å²) < 4.78 is 5.17. The SMILES string of the molecule is Cc1cccc(NC(=O)CC(=O)NCCc2ccco2)c1C. The zero-order chi connectivity index (χ0) is 15.9. The third kappa shape index (κ3) is 4.48. The summed E-state index contributed by atoms with van der Waals surface area (Å²) in [4.78, 5) is 23.6. The zero-order valence-corrected chi connectivity index (χ0v) is 12.8. The van der Waals surface area contributed by atoms with Crippen LogP contribution in [0.4, 0.5) is 5.69 Å². The molecule has 0 aliphatic carbocycles. The van der Waals surface area contributed by atoms with Crippen LogP contribution in [0.15, 0.2) is 41.0 Å². The second-order valence-corrected chi connectivity index (χ2v) is 5.15. The summed E-state index contributed by atoms with van der Waals surface area (Å²) in [6.07, 6.45) is 2.01. The lowest BCUT2D eigenvalue weighted by atomic mass is 10.1. The fraction of sp³-hybridized carbons (Fsp3) is 0.294. The van der Waals surface area contributed by atoms with Crippen molar-refractivity contribution in [1.82, 2.24) is 5.32 Å². The molecule has 22 heavy (non-hydrogen) atoms. The van der Waals surface area contributed by atoms with Gasteiger partial charge in [-0.05, 0) is 43.2 Å². The summed E-state index contributed by atoms with van der Waals surface area (Å²) in [5, 5.41) is 5.47. The molecular weight excluding hydrogens is 280 g/mol. The first kappa shape index (κ1) is 15.8. The van der Waals surface area contributed by atoms with Crippen LogP contribution >= 0.6 is 0 Å². The summed E-state index contributed by atoms with van der Waals surface area (Å²) in [6, 6.07) is 9.33. The Kier molecular flexibility index (Phi) is 5.36. The van der Waals surface area contributed by atoms with Crippen molar-refractivity contribution >= 4 is 17.5 Å². The first-order valence-electron chi connectivity index (χ1n) is 7.21. The van der Waals surface area contributed by atoms with Gasteiger partial charge >= 0.3 is 0 Å². The Hall–Kier alpha value is -2.56. The molecular formula is C17H20N2O3. The fourth-order valence-corrected chi connectivity index (χ4v) is 2.07. The molecule has 0 fully saturated rings. The summed E-state index contributed by atoms with van der Waals surface area (Å²) in [5.74, 6) is 0.193. The molecule has 0 aliphatic heterocycles. The number of hydrogen-bond donors (Lipinski definition) is 2. The highest BCUT2D eigenvalue weighted by Crippen LogP contribution is 2.17. The van der Waals surface area contributed by atoms with Gasteiger partial charge in [0.1, 0.15) is 12.2 Å². The van der Waals surface area contributed by atoms with Crippen LogP contribution in [0.3, 0.4) is 0 Å². The molecule has 1 heterocycles. The summed E-state index contributed by atoms with van der Waals surface area (Å²) >= 11 is 0. The van der Waals surface area contributed by atoms with E-state index in [2.05, 4.69) is 10.6 Å². The Labute approximate surface area is 129 Å². The lowest BCUT2D eigenvalue weighted by Gasteiger charge is -2.10. The van der Waals surface area contributed by atoms with Crippen LogP contribution in [-0.4, -0.2) is 18.4 Å². The number of furan rings is 1. The van der Waals surface area contributed by atoms with Gasteiger partial charge in [0.15, 0.2) is 0 Å². The topological polar surface area (TPSA) is 71.3 Å². The summed E-state index contributed by atoms with van der Waals surface area (Å²) in [6.45, 7) is 4.36. The molecule has 116 valence electrons. The number of rotatable bonds is 6. The highest BCUT2D eigenvalue weighted by atomic mass is 16.3. The summed E-state index contributed by atoms with van der Waals surface area (Å²) in [5.41, 5.74) is 2.85. The predicted octanol–water partition coefficient (Wildman–Crippen LogP) is 2.58. The minimum absolute atomic E-state index is 0.189. The first-order chi connectivity index (χ1) is 10.6. The number of aryl methyl sites for hydroxylation is 1. The smallest absolute Gasteiger partial charge is 0.233 e. The Morgan fingerprint density at radius 1 is 1.09 bits per heavy atom.